The van der Waals surface area contributed by atoms with Crippen LogP contribution >= 0.6 is 23.2 Å². The van der Waals surface area contributed by atoms with Crippen LogP contribution in [0.25, 0.3) is 0 Å². The zero-order chi connectivity index (χ0) is 15.4. The lowest BCUT2D eigenvalue weighted by atomic mass is 9.97. The van der Waals surface area contributed by atoms with Gasteiger partial charge in [-0.05, 0) is 48.4 Å². The number of nitrogens with zero attached hydrogens (tertiary/aromatic N) is 1. The molecule has 1 aliphatic heterocycles. The van der Waals surface area contributed by atoms with Gasteiger partial charge in [0.1, 0.15) is 0 Å². The van der Waals surface area contributed by atoms with Crippen LogP contribution in [0.5, 0.6) is 0 Å². The molecule has 1 heterocycles. The van der Waals surface area contributed by atoms with E-state index in [1.807, 2.05) is 24.3 Å². The van der Waals surface area contributed by atoms with E-state index in [0.717, 1.165) is 42.6 Å². The molecular formula is C18H20Cl2N2. The Morgan fingerprint density at radius 3 is 1.86 bits per heavy atom. The summed E-state index contributed by atoms with van der Waals surface area (Å²) in [6, 6.07) is 16.6. The molecule has 0 atom stereocenters. The lowest BCUT2D eigenvalue weighted by molar-refractivity contribution is 0.241. The minimum atomic E-state index is 0.245. The third kappa shape index (κ3) is 3.82. The van der Waals surface area contributed by atoms with Gasteiger partial charge in [-0.25, -0.2) is 0 Å². The van der Waals surface area contributed by atoms with Gasteiger partial charge in [0.05, 0.1) is 6.04 Å². The molecule has 0 bridgehead atoms. The Kier molecular flexibility index (Phi) is 5.37. The molecule has 0 aromatic heterocycles. The van der Waals surface area contributed by atoms with Crippen LogP contribution in [0.4, 0.5) is 0 Å². The normalized spacial score (nSPS) is 16.7. The van der Waals surface area contributed by atoms with Crippen molar-refractivity contribution in [3.8, 4) is 0 Å². The predicted octanol–water partition coefficient (Wildman–Crippen LogP) is 4.38. The summed E-state index contributed by atoms with van der Waals surface area (Å²) >= 11 is 12.1. The van der Waals surface area contributed by atoms with E-state index in [2.05, 4.69) is 34.5 Å². The minimum absolute atomic E-state index is 0.245. The lowest BCUT2D eigenvalue weighted by Crippen LogP contribution is -2.33. The summed E-state index contributed by atoms with van der Waals surface area (Å²) in [4.78, 5) is 2.53. The average molecular weight is 335 g/mol. The summed E-state index contributed by atoms with van der Waals surface area (Å²) in [6.45, 7) is 4.24. The highest BCUT2D eigenvalue weighted by Gasteiger charge is 2.23. The fourth-order valence-electron chi connectivity index (χ4n) is 3.03. The number of hydrogen-bond donors (Lipinski definition) is 1. The highest BCUT2D eigenvalue weighted by molar-refractivity contribution is 6.30. The fraction of sp³-hybridized carbons (Fsp3) is 0.333. The molecule has 22 heavy (non-hydrogen) atoms. The van der Waals surface area contributed by atoms with Crippen molar-refractivity contribution < 1.29 is 0 Å². The molecule has 0 amide bonds. The molecular weight excluding hydrogens is 315 g/mol. The quantitative estimate of drug-likeness (QED) is 0.896. The third-order valence-electron chi connectivity index (χ3n) is 4.11. The number of halogens is 2. The van der Waals surface area contributed by atoms with Gasteiger partial charge in [-0.1, -0.05) is 47.5 Å². The van der Waals surface area contributed by atoms with Crippen molar-refractivity contribution >= 4 is 23.2 Å². The molecule has 0 aliphatic carbocycles. The van der Waals surface area contributed by atoms with Crippen LogP contribution in [0.3, 0.4) is 0 Å². The molecule has 4 heteroatoms. The maximum Gasteiger partial charge on any atom is 0.0602 e. The van der Waals surface area contributed by atoms with Crippen molar-refractivity contribution in [2.24, 2.45) is 0 Å². The standard InChI is InChI=1S/C18H20Cl2N2/c19-16-6-2-14(3-7-16)18(15-4-8-17(20)9-5-15)22-12-1-10-21-11-13-22/h2-9,18,21H,1,10-13H2. The van der Waals surface area contributed by atoms with Crippen molar-refractivity contribution in [1.82, 2.24) is 10.2 Å². The maximum absolute atomic E-state index is 6.05. The van der Waals surface area contributed by atoms with Gasteiger partial charge in [0.25, 0.3) is 0 Å². The first kappa shape index (κ1) is 15.8. The molecule has 0 saturated carbocycles. The molecule has 1 aliphatic rings. The van der Waals surface area contributed by atoms with Crippen molar-refractivity contribution in [1.29, 1.82) is 0 Å². The van der Waals surface area contributed by atoms with Gasteiger partial charge in [0.15, 0.2) is 0 Å². The number of rotatable bonds is 3. The second kappa shape index (κ2) is 7.47. The van der Waals surface area contributed by atoms with Crippen molar-refractivity contribution in [3.05, 3.63) is 69.7 Å². The zero-order valence-electron chi connectivity index (χ0n) is 12.4. The van der Waals surface area contributed by atoms with Crippen molar-refractivity contribution in [2.75, 3.05) is 26.2 Å². The Morgan fingerprint density at radius 2 is 1.32 bits per heavy atom. The van der Waals surface area contributed by atoms with Crippen molar-refractivity contribution in [2.45, 2.75) is 12.5 Å². The molecule has 3 rings (SSSR count). The Morgan fingerprint density at radius 1 is 0.773 bits per heavy atom. The van der Waals surface area contributed by atoms with Crippen LogP contribution < -0.4 is 5.32 Å². The summed E-state index contributed by atoms with van der Waals surface area (Å²) in [5.41, 5.74) is 2.54. The molecule has 2 aromatic carbocycles. The summed E-state index contributed by atoms with van der Waals surface area (Å²) in [7, 11) is 0. The van der Waals surface area contributed by atoms with E-state index in [-0.39, 0.29) is 6.04 Å². The van der Waals surface area contributed by atoms with E-state index in [9.17, 15) is 0 Å². The molecule has 2 nitrogen and oxygen atoms in total. The first-order chi connectivity index (χ1) is 10.7. The topological polar surface area (TPSA) is 15.3 Å². The number of nitrogens with one attached hydrogen (secondary N) is 1. The van der Waals surface area contributed by atoms with E-state index >= 15 is 0 Å². The Bertz CT molecular complexity index is 542. The van der Waals surface area contributed by atoms with Gasteiger partial charge in [0.2, 0.25) is 0 Å². The van der Waals surface area contributed by atoms with Crippen LogP contribution in [0.1, 0.15) is 23.6 Å². The van der Waals surface area contributed by atoms with Gasteiger partial charge < -0.3 is 5.32 Å². The van der Waals surface area contributed by atoms with Crippen LogP contribution in [-0.4, -0.2) is 31.1 Å². The SMILES string of the molecule is Clc1ccc(C(c2ccc(Cl)cc2)N2CCCNCC2)cc1. The van der Waals surface area contributed by atoms with E-state index < -0.39 is 0 Å². The predicted molar refractivity (Wildman–Crippen MR) is 93.8 cm³/mol. The number of benzene rings is 2. The summed E-state index contributed by atoms with van der Waals surface area (Å²) in [5.74, 6) is 0. The Labute approximate surface area is 142 Å². The molecule has 0 unspecified atom stereocenters. The molecule has 116 valence electrons. The van der Waals surface area contributed by atoms with Crippen molar-refractivity contribution in [3.63, 3.8) is 0 Å². The number of hydrogen-bond acceptors (Lipinski definition) is 2. The summed E-state index contributed by atoms with van der Waals surface area (Å²) in [5, 5.41) is 5.02. The van der Waals surface area contributed by atoms with Gasteiger partial charge in [-0.3, -0.25) is 4.90 Å². The highest BCUT2D eigenvalue weighted by atomic mass is 35.5. The Balaban J connectivity index is 1.96. The summed E-state index contributed by atoms with van der Waals surface area (Å²) < 4.78 is 0. The minimum Gasteiger partial charge on any atom is -0.315 e. The van der Waals surface area contributed by atoms with Gasteiger partial charge in [-0.15, -0.1) is 0 Å². The molecule has 0 radical (unpaired) electrons. The third-order valence-corrected chi connectivity index (χ3v) is 4.62. The van der Waals surface area contributed by atoms with E-state index in [1.54, 1.807) is 0 Å². The second-order valence-corrected chi connectivity index (χ2v) is 6.52. The first-order valence-electron chi connectivity index (χ1n) is 7.70. The average Bonchev–Trinajstić information content (AvgIpc) is 2.81. The smallest absolute Gasteiger partial charge is 0.0602 e. The van der Waals surface area contributed by atoms with Crippen LogP contribution in [0.2, 0.25) is 10.0 Å². The van der Waals surface area contributed by atoms with Gasteiger partial charge in [-0.2, -0.15) is 0 Å². The van der Waals surface area contributed by atoms with Crippen LogP contribution in [-0.2, 0) is 0 Å². The fourth-order valence-corrected chi connectivity index (χ4v) is 3.28. The van der Waals surface area contributed by atoms with Crippen LogP contribution in [0, 0.1) is 0 Å². The largest absolute Gasteiger partial charge is 0.315 e. The maximum atomic E-state index is 6.05. The van der Waals surface area contributed by atoms with E-state index in [0.29, 0.717) is 0 Å². The Hall–Kier alpha value is -1.06. The monoisotopic (exact) mass is 334 g/mol. The van der Waals surface area contributed by atoms with E-state index in [1.165, 1.54) is 11.1 Å². The summed E-state index contributed by atoms with van der Waals surface area (Å²) in [6.07, 6.45) is 1.16. The lowest BCUT2D eigenvalue weighted by Gasteiger charge is -2.31. The highest BCUT2D eigenvalue weighted by Crippen LogP contribution is 2.30. The second-order valence-electron chi connectivity index (χ2n) is 5.65. The molecule has 1 saturated heterocycles. The van der Waals surface area contributed by atoms with E-state index in [4.69, 9.17) is 23.2 Å². The molecule has 1 fully saturated rings. The molecule has 2 aromatic rings. The van der Waals surface area contributed by atoms with Gasteiger partial charge in [0, 0.05) is 29.7 Å². The van der Waals surface area contributed by atoms with Crippen LogP contribution in [0.15, 0.2) is 48.5 Å². The van der Waals surface area contributed by atoms with Gasteiger partial charge >= 0.3 is 0 Å². The molecule has 0 spiro atoms. The molecule has 1 N–H and O–H groups in total. The first-order valence-corrected chi connectivity index (χ1v) is 8.45. The zero-order valence-corrected chi connectivity index (χ0v) is 13.9.